The maximum atomic E-state index is 11.8. The Morgan fingerprint density at radius 1 is 1.56 bits per heavy atom. The van der Waals surface area contributed by atoms with Crippen LogP contribution in [0.2, 0.25) is 0 Å². The van der Waals surface area contributed by atoms with Crippen LogP contribution < -0.4 is 5.32 Å². The quantitative estimate of drug-likeness (QED) is 0.695. The van der Waals surface area contributed by atoms with E-state index in [0.29, 0.717) is 0 Å². The van der Waals surface area contributed by atoms with E-state index < -0.39 is 11.4 Å². The fraction of sp³-hybridized carbons (Fsp3) is 0.667. The Labute approximate surface area is 106 Å². The topological polar surface area (TPSA) is 95.6 Å². The molecular weight excluding hydrogens is 236 g/mol. The highest BCUT2D eigenvalue weighted by molar-refractivity contribution is 5.92. The van der Waals surface area contributed by atoms with Crippen molar-refractivity contribution in [3.63, 3.8) is 0 Å². The first-order chi connectivity index (χ1) is 8.45. The van der Waals surface area contributed by atoms with Crippen molar-refractivity contribution in [3.05, 3.63) is 17.5 Å². The van der Waals surface area contributed by atoms with Crippen molar-refractivity contribution < 1.29 is 19.5 Å². The Bertz CT molecular complexity index is 399. The minimum atomic E-state index is -1.07. The van der Waals surface area contributed by atoms with Gasteiger partial charge in [0.2, 0.25) is 5.76 Å². The lowest BCUT2D eigenvalue weighted by atomic mass is 10.0. The molecule has 0 aliphatic rings. The Hall–Kier alpha value is -1.40. The summed E-state index contributed by atoms with van der Waals surface area (Å²) >= 11 is 0. The lowest BCUT2D eigenvalue weighted by Gasteiger charge is -2.25. The number of aliphatic hydroxyl groups excluding tert-OH is 2. The van der Waals surface area contributed by atoms with Crippen molar-refractivity contribution in [2.75, 3.05) is 13.2 Å². The van der Waals surface area contributed by atoms with Crippen molar-refractivity contribution in [2.45, 2.75) is 38.6 Å². The molecule has 1 amide bonds. The molecule has 0 bridgehead atoms. The first-order valence-corrected chi connectivity index (χ1v) is 5.96. The molecule has 0 aromatic carbocycles. The van der Waals surface area contributed by atoms with Gasteiger partial charge in [-0.1, -0.05) is 19.0 Å². The van der Waals surface area contributed by atoms with Gasteiger partial charge >= 0.3 is 0 Å². The van der Waals surface area contributed by atoms with Crippen LogP contribution in [0.5, 0.6) is 0 Å². The van der Waals surface area contributed by atoms with Crippen molar-refractivity contribution in [1.82, 2.24) is 10.5 Å². The molecule has 1 atom stereocenters. The number of aromatic nitrogens is 1. The molecule has 0 fully saturated rings. The standard InChI is InChI=1S/C12H20N2O4/c1-4-8(2)9-5-10(18-14-9)11(17)13-12(3,6-15)7-16/h5,8,15-16H,4,6-7H2,1-3H3,(H,13,17). The van der Waals surface area contributed by atoms with Gasteiger partial charge in [-0.25, -0.2) is 0 Å². The summed E-state index contributed by atoms with van der Waals surface area (Å²) < 4.78 is 4.96. The predicted molar refractivity (Wildman–Crippen MR) is 65.3 cm³/mol. The number of carbonyl (C=O) groups is 1. The summed E-state index contributed by atoms with van der Waals surface area (Å²) in [5.41, 5.74) is -0.349. The van der Waals surface area contributed by atoms with Crippen LogP contribution in [0.25, 0.3) is 0 Å². The molecule has 18 heavy (non-hydrogen) atoms. The molecule has 6 heteroatoms. The zero-order valence-electron chi connectivity index (χ0n) is 10.9. The number of rotatable bonds is 6. The van der Waals surface area contributed by atoms with E-state index in [1.165, 1.54) is 6.92 Å². The van der Waals surface area contributed by atoms with Crippen LogP contribution in [0.1, 0.15) is 49.4 Å². The van der Waals surface area contributed by atoms with Crippen LogP contribution in [0.4, 0.5) is 0 Å². The first kappa shape index (κ1) is 14.7. The Kier molecular flexibility index (Phi) is 4.86. The predicted octanol–water partition coefficient (Wildman–Crippen LogP) is 0.661. The highest BCUT2D eigenvalue weighted by Crippen LogP contribution is 2.18. The summed E-state index contributed by atoms with van der Waals surface area (Å²) in [6, 6.07) is 1.58. The average molecular weight is 256 g/mol. The molecule has 0 saturated carbocycles. The Balaban J connectivity index is 2.76. The minimum absolute atomic E-state index is 0.0819. The molecule has 102 valence electrons. The smallest absolute Gasteiger partial charge is 0.290 e. The van der Waals surface area contributed by atoms with Gasteiger partial charge in [0.25, 0.3) is 5.91 Å². The van der Waals surface area contributed by atoms with Gasteiger partial charge in [-0.05, 0) is 13.3 Å². The average Bonchev–Trinajstić information content (AvgIpc) is 2.87. The van der Waals surface area contributed by atoms with E-state index in [9.17, 15) is 4.79 Å². The second kappa shape index (κ2) is 5.97. The molecule has 1 aromatic rings. The van der Waals surface area contributed by atoms with E-state index >= 15 is 0 Å². The Morgan fingerprint density at radius 2 is 2.17 bits per heavy atom. The highest BCUT2D eigenvalue weighted by atomic mass is 16.5. The fourth-order valence-electron chi connectivity index (χ4n) is 1.30. The molecule has 0 aliphatic heterocycles. The van der Waals surface area contributed by atoms with Gasteiger partial charge in [0.1, 0.15) is 0 Å². The second-order valence-electron chi connectivity index (χ2n) is 4.76. The van der Waals surface area contributed by atoms with Crippen LogP contribution in [0.3, 0.4) is 0 Å². The van der Waals surface area contributed by atoms with Gasteiger partial charge in [0, 0.05) is 12.0 Å². The van der Waals surface area contributed by atoms with E-state index in [4.69, 9.17) is 14.7 Å². The molecule has 0 aliphatic carbocycles. The van der Waals surface area contributed by atoms with Gasteiger partial charge in [-0.2, -0.15) is 0 Å². The van der Waals surface area contributed by atoms with Crippen molar-refractivity contribution in [3.8, 4) is 0 Å². The molecule has 6 nitrogen and oxygen atoms in total. The third-order valence-corrected chi connectivity index (χ3v) is 2.98. The second-order valence-corrected chi connectivity index (χ2v) is 4.76. The normalized spacial score (nSPS) is 13.4. The molecule has 1 unspecified atom stereocenters. The monoisotopic (exact) mass is 256 g/mol. The lowest BCUT2D eigenvalue weighted by molar-refractivity contribution is 0.0693. The summed E-state index contributed by atoms with van der Waals surface area (Å²) in [4.78, 5) is 11.8. The number of nitrogens with zero attached hydrogens (tertiary/aromatic N) is 1. The largest absolute Gasteiger partial charge is 0.394 e. The summed E-state index contributed by atoms with van der Waals surface area (Å²) in [6.07, 6.45) is 0.901. The maximum absolute atomic E-state index is 11.8. The Morgan fingerprint density at radius 3 is 2.67 bits per heavy atom. The molecule has 0 spiro atoms. The minimum Gasteiger partial charge on any atom is -0.394 e. The van der Waals surface area contributed by atoms with Gasteiger partial charge in [-0.15, -0.1) is 0 Å². The van der Waals surface area contributed by atoms with Gasteiger partial charge < -0.3 is 20.1 Å². The zero-order valence-corrected chi connectivity index (χ0v) is 10.9. The van der Waals surface area contributed by atoms with E-state index in [1.54, 1.807) is 6.07 Å². The third kappa shape index (κ3) is 3.30. The summed E-state index contributed by atoms with van der Waals surface area (Å²) in [5, 5.41) is 24.5. The number of hydrogen-bond acceptors (Lipinski definition) is 5. The number of aliphatic hydroxyl groups is 2. The van der Waals surface area contributed by atoms with Gasteiger partial charge in [-0.3, -0.25) is 4.79 Å². The number of carbonyl (C=O) groups excluding carboxylic acids is 1. The highest BCUT2D eigenvalue weighted by Gasteiger charge is 2.27. The van der Waals surface area contributed by atoms with Crippen LogP contribution in [0, 0.1) is 0 Å². The van der Waals surface area contributed by atoms with E-state index in [2.05, 4.69) is 10.5 Å². The lowest BCUT2D eigenvalue weighted by Crippen LogP contribution is -2.51. The van der Waals surface area contributed by atoms with Crippen molar-refractivity contribution in [1.29, 1.82) is 0 Å². The van der Waals surface area contributed by atoms with Crippen LogP contribution in [-0.4, -0.2) is 40.0 Å². The molecular formula is C12H20N2O4. The maximum Gasteiger partial charge on any atom is 0.290 e. The van der Waals surface area contributed by atoms with Gasteiger partial charge in [0.05, 0.1) is 24.4 Å². The zero-order chi connectivity index (χ0) is 13.8. The molecule has 3 N–H and O–H groups in total. The third-order valence-electron chi connectivity index (χ3n) is 2.98. The van der Waals surface area contributed by atoms with Crippen molar-refractivity contribution >= 4 is 5.91 Å². The van der Waals surface area contributed by atoms with E-state index in [-0.39, 0.29) is 24.9 Å². The van der Waals surface area contributed by atoms with E-state index in [0.717, 1.165) is 12.1 Å². The SMILES string of the molecule is CCC(C)c1cc(C(=O)NC(C)(CO)CO)on1. The molecule has 1 rings (SSSR count). The summed E-state index contributed by atoms with van der Waals surface area (Å²) in [5.74, 6) is -0.196. The molecule has 1 aromatic heterocycles. The van der Waals surface area contributed by atoms with Gasteiger partial charge in [0.15, 0.2) is 0 Å². The molecule has 0 saturated heterocycles. The fourth-order valence-corrected chi connectivity index (χ4v) is 1.30. The van der Waals surface area contributed by atoms with Crippen molar-refractivity contribution in [2.24, 2.45) is 0 Å². The number of hydrogen-bond donors (Lipinski definition) is 3. The molecule has 0 radical (unpaired) electrons. The number of amides is 1. The number of nitrogens with one attached hydrogen (secondary N) is 1. The molecule has 1 heterocycles. The van der Waals surface area contributed by atoms with Crippen LogP contribution >= 0.6 is 0 Å². The van der Waals surface area contributed by atoms with E-state index in [1.807, 2.05) is 13.8 Å². The first-order valence-electron chi connectivity index (χ1n) is 5.96. The summed E-state index contributed by atoms with van der Waals surface area (Å²) in [6.45, 7) is 4.83. The van der Waals surface area contributed by atoms with Crippen LogP contribution in [-0.2, 0) is 0 Å². The van der Waals surface area contributed by atoms with Crippen LogP contribution in [0.15, 0.2) is 10.6 Å². The summed E-state index contributed by atoms with van der Waals surface area (Å²) in [7, 11) is 0.